The molecule has 1 saturated carbocycles. The first-order valence-corrected chi connectivity index (χ1v) is 8.59. The Morgan fingerprint density at radius 3 is 2.68 bits per heavy atom. The molecule has 1 aromatic carbocycles. The molecule has 1 fully saturated rings. The molecular formula is C20H23NO4. The Kier molecular flexibility index (Phi) is 4.93. The number of hydrogen-bond donors (Lipinski definition) is 1. The SMILES string of the molecule is COc1cccc([C@H](C)NC(=O)c2c(C)cc(C3CCC3)oc2=O)c1. The van der Waals surface area contributed by atoms with E-state index in [0.29, 0.717) is 17.2 Å². The normalized spacial score (nSPS) is 15.3. The molecule has 1 atom stereocenters. The van der Waals surface area contributed by atoms with E-state index in [1.165, 1.54) is 0 Å². The van der Waals surface area contributed by atoms with Gasteiger partial charge in [-0.2, -0.15) is 0 Å². The van der Waals surface area contributed by atoms with Gasteiger partial charge in [0.15, 0.2) is 0 Å². The van der Waals surface area contributed by atoms with E-state index in [0.717, 1.165) is 30.6 Å². The monoisotopic (exact) mass is 341 g/mol. The molecule has 25 heavy (non-hydrogen) atoms. The molecule has 0 unspecified atom stereocenters. The first-order chi connectivity index (χ1) is 12.0. The topological polar surface area (TPSA) is 68.5 Å². The van der Waals surface area contributed by atoms with Crippen molar-refractivity contribution in [3.05, 3.63) is 63.2 Å². The molecule has 0 bridgehead atoms. The van der Waals surface area contributed by atoms with Gasteiger partial charge in [0.1, 0.15) is 17.1 Å². The lowest BCUT2D eigenvalue weighted by Crippen LogP contribution is -2.32. The van der Waals surface area contributed by atoms with Gasteiger partial charge in [0.05, 0.1) is 13.2 Å². The van der Waals surface area contributed by atoms with Crippen LogP contribution in [-0.4, -0.2) is 13.0 Å². The Morgan fingerprint density at radius 1 is 1.32 bits per heavy atom. The van der Waals surface area contributed by atoms with E-state index >= 15 is 0 Å². The van der Waals surface area contributed by atoms with Crippen LogP contribution in [0.25, 0.3) is 0 Å². The van der Waals surface area contributed by atoms with Gasteiger partial charge in [-0.25, -0.2) is 4.79 Å². The Balaban J connectivity index is 1.79. The van der Waals surface area contributed by atoms with Crippen molar-refractivity contribution >= 4 is 5.91 Å². The van der Waals surface area contributed by atoms with E-state index in [-0.39, 0.29) is 11.6 Å². The van der Waals surface area contributed by atoms with Crippen LogP contribution < -0.4 is 15.7 Å². The number of benzene rings is 1. The molecule has 1 amide bonds. The van der Waals surface area contributed by atoms with Crippen molar-refractivity contribution in [2.75, 3.05) is 7.11 Å². The molecule has 2 aromatic rings. The maximum atomic E-state index is 12.6. The largest absolute Gasteiger partial charge is 0.497 e. The third-order valence-corrected chi connectivity index (χ3v) is 4.84. The third kappa shape index (κ3) is 3.60. The predicted molar refractivity (Wildman–Crippen MR) is 95.2 cm³/mol. The van der Waals surface area contributed by atoms with E-state index in [2.05, 4.69) is 5.32 Å². The fourth-order valence-corrected chi connectivity index (χ4v) is 3.06. The number of carbonyl (C=O) groups is 1. The van der Waals surface area contributed by atoms with Gasteiger partial charge in [0.25, 0.3) is 5.91 Å². The summed E-state index contributed by atoms with van der Waals surface area (Å²) in [6.45, 7) is 3.65. The highest BCUT2D eigenvalue weighted by Crippen LogP contribution is 2.36. The molecular weight excluding hydrogens is 318 g/mol. The zero-order valence-electron chi connectivity index (χ0n) is 14.8. The van der Waals surface area contributed by atoms with Gasteiger partial charge < -0.3 is 14.5 Å². The number of ether oxygens (including phenoxy) is 1. The maximum absolute atomic E-state index is 12.6. The van der Waals surface area contributed by atoms with Crippen molar-refractivity contribution in [1.82, 2.24) is 5.32 Å². The minimum Gasteiger partial charge on any atom is -0.497 e. The van der Waals surface area contributed by atoms with E-state index < -0.39 is 11.5 Å². The summed E-state index contributed by atoms with van der Waals surface area (Å²) in [6, 6.07) is 9.05. The fourth-order valence-electron chi connectivity index (χ4n) is 3.06. The first kappa shape index (κ1) is 17.3. The molecule has 1 aromatic heterocycles. The lowest BCUT2D eigenvalue weighted by Gasteiger charge is -2.24. The van der Waals surface area contributed by atoms with Crippen LogP contribution in [0.3, 0.4) is 0 Å². The summed E-state index contributed by atoms with van der Waals surface area (Å²) in [7, 11) is 1.60. The van der Waals surface area contributed by atoms with Gasteiger partial charge in [-0.05, 0) is 56.0 Å². The summed E-state index contributed by atoms with van der Waals surface area (Å²) in [5.74, 6) is 1.33. The van der Waals surface area contributed by atoms with Crippen molar-refractivity contribution in [3.63, 3.8) is 0 Å². The molecule has 1 aliphatic carbocycles. The van der Waals surface area contributed by atoms with Gasteiger partial charge in [0.2, 0.25) is 0 Å². The third-order valence-electron chi connectivity index (χ3n) is 4.84. The van der Waals surface area contributed by atoms with Crippen LogP contribution in [0.5, 0.6) is 5.75 Å². The molecule has 0 saturated heterocycles. The fraction of sp³-hybridized carbons (Fsp3) is 0.400. The summed E-state index contributed by atoms with van der Waals surface area (Å²) >= 11 is 0. The minimum absolute atomic E-state index is 0.0813. The van der Waals surface area contributed by atoms with Gasteiger partial charge >= 0.3 is 5.63 Å². The van der Waals surface area contributed by atoms with Crippen LogP contribution >= 0.6 is 0 Å². The lowest BCUT2D eigenvalue weighted by atomic mass is 9.83. The smallest absolute Gasteiger partial charge is 0.349 e. The Labute approximate surface area is 147 Å². The second-order valence-corrected chi connectivity index (χ2v) is 6.59. The Bertz CT molecular complexity index is 836. The summed E-state index contributed by atoms with van der Waals surface area (Å²) < 4.78 is 10.6. The number of methoxy groups -OCH3 is 1. The highest BCUT2D eigenvalue weighted by atomic mass is 16.5. The quantitative estimate of drug-likeness (QED) is 0.900. The van der Waals surface area contributed by atoms with Crippen LogP contribution in [0, 0.1) is 6.92 Å². The van der Waals surface area contributed by atoms with Crippen molar-refractivity contribution in [1.29, 1.82) is 0 Å². The number of rotatable bonds is 5. The summed E-state index contributed by atoms with van der Waals surface area (Å²) in [4.78, 5) is 24.9. The van der Waals surface area contributed by atoms with Crippen LogP contribution in [0.4, 0.5) is 0 Å². The average Bonchev–Trinajstić information content (AvgIpc) is 2.52. The van der Waals surface area contributed by atoms with Crippen LogP contribution in [0.1, 0.15) is 65.4 Å². The lowest BCUT2D eigenvalue weighted by molar-refractivity contribution is 0.0934. The summed E-state index contributed by atoms with van der Waals surface area (Å²) in [5.41, 5.74) is 1.09. The van der Waals surface area contributed by atoms with Gasteiger partial charge in [-0.1, -0.05) is 18.6 Å². The molecule has 3 rings (SSSR count). The Hall–Kier alpha value is -2.56. The molecule has 1 N–H and O–H groups in total. The van der Waals surface area contributed by atoms with E-state index in [1.807, 2.05) is 37.3 Å². The number of amides is 1. The van der Waals surface area contributed by atoms with Crippen LogP contribution in [-0.2, 0) is 0 Å². The molecule has 0 radical (unpaired) electrons. The van der Waals surface area contributed by atoms with E-state index in [9.17, 15) is 9.59 Å². The van der Waals surface area contributed by atoms with Crippen molar-refractivity contribution in [2.24, 2.45) is 0 Å². The molecule has 1 aliphatic rings. The second kappa shape index (κ2) is 7.13. The summed E-state index contributed by atoms with van der Waals surface area (Å²) in [5, 5.41) is 2.87. The van der Waals surface area contributed by atoms with Gasteiger partial charge in [-0.15, -0.1) is 0 Å². The highest BCUT2D eigenvalue weighted by Gasteiger charge is 2.25. The first-order valence-electron chi connectivity index (χ1n) is 8.59. The molecule has 5 heteroatoms. The van der Waals surface area contributed by atoms with Crippen molar-refractivity contribution in [2.45, 2.75) is 45.1 Å². The minimum atomic E-state index is -0.558. The predicted octanol–water partition coefficient (Wildman–Crippen LogP) is 3.72. The number of carbonyl (C=O) groups excluding carboxylic acids is 1. The second-order valence-electron chi connectivity index (χ2n) is 6.59. The average molecular weight is 341 g/mol. The number of aryl methyl sites for hydroxylation is 1. The standard InChI is InChI=1S/C20H23NO4/c1-12-10-17(14-6-4-7-14)25-20(23)18(12)19(22)21-13(2)15-8-5-9-16(11-15)24-3/h5,8-11,13-14H,4,6-7H2,1-3H3,(H,21,22)/t13-/m0/s1. The zero-order chi connectivity index (χ0) is 18.0. The molecule has 132 valence electrons. The zero-order valence-corrected chi connectivity index (χ0v) is 14.8. The van der Waals surface area contributed by atoms with Crippen LogP contribution in [0.15, 0.2) is 39.5 Å². The van der Waals surface area contributed by atoms with Crippen molar-refractivity contribution in [3.8, 4) is 5.75 Å². The Morgan fingerprint density at radius 2 is 2.08 bits per heavy atom. The van der Waals surface area contributed by atoms with Crippen LogP contribution in [0.2, 0.25) is 0 Å². The van der Waals surface area contributed by atoms with E-state index in [4.69, 9.17) is 9.15 Å². The van der Waals surface area contributed by atoms with Crippen molar-refractivity contribution < 1.29 is 13.9 Å². The molecule has 0 aliphatic heterocycles. The molecule has 5 nitrogen and oxygen atoms in total. The molecule has 1 heterocycles. The number of hydrogen-bond acceptors (Lipinski definition) is 4. The van der Waals surface area contributed by atoms with E-state index in [1.54, 1.807) is 14.0 Å². The van der Waals surface area contributed by atoms with Gasteiger partial charge in [-0.3, -0.25) is 4.79 Å². The highest BCUT2D eigenvalue weighted by molar-refractivity contribution is 5.95. The molecule has 0 spiro atoms. The van der Waals surface area contributed by atoms with Gasteiger partial charge in [0, 0.05) is 5.92 Å². The maximum Gasteiger partial charge on any atom is 0.349 e. The summed E-state index contributed by atoms with van der Waals surface area (Å²) in [6.07, 6.45) is 3.25. The number of nitrogens with one attached hydrogen (secondary N) is 1.